The van der Waals surface area contributed by atoms with Crippen molar-refractivity contribution in [3.63, 3.8) is 0 Å². The van der Waals surface area contributed by atoms with Crippen LogP contribution in [-0.4, -0.2) is 31.5 Å². The molecule has 0 aliphatic carbocycles. The third-order valence-corrected chi connectivity index (χ3v) is 5.16. The number of amides is 2. The first-order valence-electron chi connectivity index (χ1n) is 8.28. The molecule has 148 valence electrons. The molecule has 3 N–H and O–H groups in total. The largest absolute Gasteiger partial charge is 0.366 e. The molecule has 1 aromatic heterocycles. The van der Waals surface area contributed by atoms with Crippen LogP contribution < -0.4 is 11.1 Å². The third-order valence-electron chi connectivity index (χ3n) is 4.04. The SMILES string of the molecule is Cc1cc(NC(=O)c2ccc(Sc3nncn3C)c([N+](=O)[O-])c2)ccc1C(N)=O. The Bertz CT molecular complexity index is 1130. The molecule has 3 rings (SSSR count). The molecule has 2 amide bonds. The standard InChI is InChI=1S/C18H16N6O4S/c1-10-7-12(4-5-13(10)16(19)25)21-17(26)11-3-6-15(14(8-11)24(27)28)29-18-22-20-9-23(18)2/h3-9H,1-2H3,(H2,19,25)(H,21,26). The van der Waals surface area contributed by atoms with E-state index in [1.807, 2.05) is 0 Å². The summed E-state index contributed by atoms with van der Waals surface area (Å²) in [6.45, 7) is 1.69. The minimum atomic E-state index is -0.563. The van der Waals surface area contributed by atoms with Crippen molar-refractivity contribution in [2.45, 2.75) is 17.0 Å². The van der Waals surface area contributed by atoms with Crippen molar-refractivity contribution in [1.82, 2.24) is 14.8 Å². The number of carbonyl (C=O) groups is 2. The van der Waals surface area contributed by atoms with E-state index < -0.39 is 16.7 Å². The summed E-state index contributed by atoms with van der Waals surface area (Å²) >= 11 is 1.08. The number of hydrogen-bond donors (Lipinski definition) is 2. The highest BCUT2D eigenvalue weighted by Crippen LogP contribution is 2.34. The summed E-state index contributed by atoms with van der Waals surface area (Å²) in [5.41, 5.74) is 6.58. The molecule has 0 unspecified atom stereocenters. The zero-order valence-corrected chi connectivity index (χ0v) is 16.3. The second-order valence-corrected chi connectivity index (χ2v) is 7.12. The van der Waals surface area contributed by atoms with Gasteiger partial charge in [-0.15, -0.1) is 10.2 Å². The lowest BCUT2D eigenvalue weighted by molar-refractivity contribution is -0.387. The van der Waals surface area contributed by atoms with E-state index >= 15 is 0 Å². The van der Waals surface area contributed by atoms with Gasteiger partial charge >= 0.3 is 0 Å². The van der Waals surface area contributed by atoms with Crippen molar-refractivity contribution in [3.8, 4) is 0 Å². The lowest BCUT2D eigenvalue weighted by atomic mass is 10.1. The Morgan fingerprint density at radius 3 is 2.59 bits per heavy atom. The van der Waals surface area contributed by atoms with Gasteiger partial charge in [0.2, 0.25) is 5.91 Å². The van der Waals surface area contributed by atoms with Crippen LogP contribution in [0, 0.1) is 17.0 Å². The number of aryl methyl sites for hydroxylation is 2. The first-order chi connectivity index (χ1) is 13.8. The van der Waals surface area contributed by atoms with Gasteiger partial charge in [0.1, 0.15) is 6.33 Å². The fraction of sp³-hybridized carbons (Fsp3) is 0.111. The van der Waals surface area contributed by atoms with E-state index in [9.17, 15) is 19.7 Å². The van der Waals surface area contributed by atoms with Crippen LogP contribution >= 0.6 is 11.8 Å². The highest BCUT2D eigenvalue weighted by Gasteiger charge is 2.20. The first kappa shape index (κ1) is 20.0. The lowest BCUT2D eigenvalue weighted by Gasteiger charge is -2.09. The number of rotatable bonds is 6. The van der Waals surface area contributed by atoms with Gasteiger partial charge in [-0.2, -0.15) is 0 Å². The maximum atomic E-state index is 12.5. The summed E-state index contributed by atoms with van der Waals surface area (Å²) in [4.78, 5) is 35.1. The van der Waals surface area contributed by atoms with Crippen LogP contribution in [0.4, 0.5) is 11.4 Å². The minimum absolute atomic E-state index is 0.121. The van der Waals surface area contributed by atoms with Crippen LogP contribution in [0.2, 0.25) is 0 Å². The van der Waals surface area contributed by atoms with E-state index in [0.717, 1.165) is 11.8 Å². The van der Waals surface area contributed by atoms with Crippen molar-refractivity contribution in [2.24, 2.45) is 12.8 Å². The number of nitro benzene ring substituents is 1. The molecule has 0 bridgehead atoms. The Kier molecular flexibility index (Phi) is 5.59. The summed E-state index contributed by atoms with van der Waals surface area (Å²) in [5.74, 6) is -1.08. The Morgan fingerprint density at radius 2 is 2.00 bits per heavy atom. The molecule has 0 aliphatic rings. The monoisotopic (exact) mass is 412 g/mol. The van der Waals surface area contributed by atoms with Gasteiger partial charge in [-0.1, -0.05) is 0 Å². The normalized spacial score (nSPS) is 10.6. The van der Waals surface area contributed by atoms with Gasteiger partial charge in [0.05, 0.1) is 9.82 Å². The molecule has 0 aliphatic heterocycles. The maximum Gasteiger partial charge on any atom is 0.284 e. The fourth-order valence-corrected chi connectivity index (χ4v) is 3.42. The van der Waals surface area contributed by atoms with Crippen molar-refractivity contribution >= 4 is 35.0 Å². The van der Waals surface area contributed by atoms with Crippen LogP contribution in [0.25, 0.3) is 0 Å². The van der Waals surface area contributed by atoms with Gasteiger partial charge in [-0.3, -0.25) is 19.7 Å². The summed E-state index contributed by atoms with van der Waals surface area (Å²) in [6.07, 6.45) is 1.49. The van der Waals surface area contributed by atoms with Crippen LogP contribution in [0.15, 0.2) is 52.8 Å². The number of carbonyl (C=O) groups excluding carboxylic acids is 2. The summed E-state index contributed by atoms with van der Waals surface area (Å²) in [6, 6.07) is 8.84. The zero-order valence-electron chi connectivity index (χ0n) is 15.4. The van der Waals surface area contributed by atoms with E-state index in [4.69, 9.17) is 5.73 Å². The molecule has 0 atom stereocenters. The van der Waals surface area contributed by atoms with Crippen LogP contribution in [-0.2, 0) is 7.05 Å². The Morgan fingerprint density at radius 1 is 1.24 bits per heavy atom. The topological polar surface area (TPSA) is 146 Å². The molecule has 1 heterocycles. The maximum absolute atomic E-state index is 12.5. The molecule has 0 fully saturated rings. The van der Waals surface area contributed by atoms with E-state index in [2.05, 4.69) is 15.5 Å². The number of nitrogens with one attached hydrogen (secondary N) is 1. The predicted molar refractivity (Wildman–Crippen MR) is 106 cm³/mol. The average Bonchev–Trinajstić information content (AvgIpc) is 3.06. The molecule has 10 nitrogen and oxygen atoms in total. The van der Waals surface area contributed by atoms with E-state index in [0.29, 0.717) is 26.9 Å². The molecule has 3 aromatic rings. The van der Waals surface area contributed by atoms with Crippen molar-refractivity contribution in [3.05, 3.63) is 69.5 Å². The number of aromatic nitrogens is 3. The van der Waals surface area contributed by atoms with Gasteiger partial charge in [-0.05, 0) is 54.6 Å². The molecule has 0 saturated carbocycles. The van der Waals surface area contributed by atoms with Crippen LogP contribution in [0.5, 0.6) is 0 Å². The van der Waals surface area contributed by atoms with E-state index in [1.165, 1.54) is 36.7 Å². The minimum Gasteiger partial charge on any atom is -0.366 e. The second kappa shape index (κ2) is 8.10. The van der Waals surface area contributed by atoms with Crippen molar-refractivity contribution < 1.29 is 14.5 Å². The summed E-state index contributed by atoms with van der Waals surface area (Å²) in [7, 11) is 1.72. The molecule has 0 spiro atoms. The molecule has 29 heavy (non-hydrogen) atoms. The van der Waals surface area contributed by atoms with Crippen LogP contribution in [0.3, 0.4) is 0 Å². The molecule has 11 heteroatoms. The number of nitrogens with zero attached hydrogens (tertiary/aromatic N) is 4. The second-order valence-electron chi connectivity index (χ2n) is 6.11. The highest BCUT2D eigenvalue weighted by molar-refractivity contribution is 7.99. The van der Waals surface area contributed by atoms with Gasteiger partial charge in [0.25, 0.3) is 11.6 Å². The Labute approximate surface area is 169 Å². The summed E-state index contributed by atoms with van der Waals surface area (Å²) in [5, 5.41) is 22.3. The highest BCUT2D eigenvalue weighted by atomic mass is 32.2. The van der Waals surface area contributed by atoms with Gasteiger partial charge in [0.15, 0.2) is 5.16 Å². The molecule has 0 saturated heterocycles. The Balaban J connectivity index is 1.85. The molecular formula is C18H16N6O4S. The third kappa shape index (κ3) is 4.41. The van der Waals surface area contributed by atoms with E-state index in [1.54, 1.807) is 24.6 Å². The number of nitro groups is 1. The lowest BCUT2D eigenvalue weighted by Crippen LogP contribution is -2.15. The molecule has 0 radical (unpaired) electrons. The van der Waals surface area contributed by atoms with Crippen molar-refractivity contribution in [1.29, 1.82) is 0 Å². The first-order valence-corrected chi connectivity index (χ1v) is 9.10. The summed E-state index contributed by atoms with van der Waals surface area (Å²) < 4.78 is 1.63. The van der Waals surface area contributed by atoms with Gasteiger partial charge in [-0.25, -0.2) is 0 Å². The number of benzene rings is 2. The number of anilines is 1. The molecular weight excluding hydrogens is 396 g/mol. The number of nitrogens with two attached hydrogens (primary N) is 1. The smallest absolute Gasteiger partial charge is 0.284 e. The van der Waals surface area contributed by atoms with E-state index in [-0.39, 0.29) is 11.3 Å². The average molecular weight is 412 g/mol. The number of hydrogen-bond acceptors (Lipinski definition) is 7. The quantitative estimate of drug-likeness (QED) is 0.467. The molecule has 2 aromatic carbocycles. The predicted octanol–water partition coefficient (Wildman–Crippen LogP) is 2.53. The van der Waals surface area contributed by atoms with Crippen LogP contribution in [0.1, 0.15) is 26.3 Å². The Hall–Kier alpha value is -3.73. The van der Waals surface area contributed by atoms with Gasteiger partial charge in [0, 0.05) is 29.9 Å². The zero-order chi connectivity index (χ0) is 21.1. The fourth-order valence-electron chi connectivity index (χ4n) is 2.57. The number of primary amides is 1. The van der Waals surface area contributed by atoms with Gasteiger partial charge < -0.3 is 15.6 Å². The van der Waals surface area contributed by atoms with Crippen molar-refractivity contribution in [2.75, 3.05) is 5.32 Å².